The SMILES string of the molecule is OC(c1ccc(Br)cc1)c1ccc2c(c1)CCO2. The van der Waals surface area contributed by atoms with Crippen LogP contribution in [0.1, 0.15) is 22.8 Å². The fourth-order valence-electron chi connectivity index (χ4n) is 2.21. The summed E-state index contributed by atoms with van der Waals surface area (Å²) in [6, 6.07) is 13.6. The van der Waals surface area contributed by atoms with E-state index >= 15 is 0 Å². The van der Waals surface area contributed by atoms with E-state index in [4.69, 9.17) is 4.74 Å². The average molecular weight is 305 g/mol. The van der Waals surface area contributed by atoms with Gasteiger partial charge in [0.2, 0.25) is 0 Å². The number of aliphatic hydroxyl groups excluding tert-OH is 1. The molecule has 0 bridgehead atoms. The zero-order chi connectivity index (χ0) is 12.5. The average Bonchev–Trinajstić information content (AvgIpc) is 2.86. The van der Waals surface area contributed by atoms with E-state index in [-0.39, 0.29) is 0 Å². The highest BCUT2D eigenvalue weighted by Crippen LogP contribution is 2.30. The highest BCUT2D eigenvalue weighted by molar-refractivity contribution is 9.10. The quantitative estimate of drug-likeness (QED) is 0.920. The molecular formula is C15H13BrO2. The molecule has 0 spiro atoms. The van der Waals surface area contributed by atoms with Crippen molar-refractivity contribution in [3.8, 4) is 5.75 Å². The van der Waals surface area contributed by atoms with Crippen LogP contribution in [-0.4, -0.2) is 11.7 Å². The normalized spacial score (nSPS) is 15.0. The van der Waals surface area contributed by atoms with Crippen molar-refractivity contribution in [1.82, 2.24) is 0 Å². The van der Waals surface area contributed by atoms with Gasteiger partial charge in [0, 0.05) is 10.9 Å². The van der Waals surface area contributed by atoms with Crippen molar-refractivity contribution in [2.24, 2.45) is 0 Å². The standard InChI is InChI=1S/C15H13BrO2/c16-13-4-1-10(2-5-13)15(17)12-3-6-14-11(9-12)7-8-18-14/h1-6,9,15,17H,7-8H2. The molecule has 0 amide bonds. The number of ether oxygens (including phenoxy) is 1. The second-order valence-corrected chi connectivity index (χ2v) is 5.34. The van der Waals surface area contributed by atoms with E-state index in [1.807, 2.05) is 42.5 Å². The van der Waals surface area contributed by atoms with Crippen molar-refractivity contribution in [2.45, 2.75) is 12.5 Å². The van der Waals surface area contributed by atoms with E-state index < -0.39 is 6.10 Å². The Morgan fingerprint density at radius 2 is 1.78 bits per heavy atom. The maximum atomic E-state index is 10.4. The Hall–Kier alpha value is -1.32. The molecule has 0 radical (unpaired) electrons. The summed E-state index contributed by atoms with van der Waals surface area (Å²) in [6.45, 7) is 0.743. The van der Waals surface area contributed by atoms with Gasteiger partial charge in [0.1, 0.15) is 11.9 Å². The molecule has 0 saturated carbocycles. The molecule has 0 fully saturated rings. The third-order valence-corrected chi connectivity index (χ3v) is 3.74. The first kappa shape index (κ1) is 11.8. The van der Waals surface area contributed by atoms with Crippen molar-refractivity contribution in [3.05, 3.63) is 63.6 Å². The lowest BCUT2D eigenvalue weighted by atomic mass is 9.99. The Morgan fingerprint density at radius 1 is 1.06 bits per heavy atom. The van der Waals surface area contributed by atoms with Gasteiger partial charge in [0.05, 0.1) is 6.61 Å². The number of fused-ring (bicyclic) bond motifs is 1. The van der Waals surface area contributed by atoms with Gasteiger partial charge in [0.25, 0.3) is 0 Å². The van der Waals surface area contributed by atoms with Crippen molar-refractivity contribution in [1.29, 1.82) is 0 Å². The number of halogens is 1. The number of hydrogen-bond donors (Lipinski definition) is 1. The van der Waals surface area contributed by atoms with Gasteiger partial charge in [0.15, 0.2) is 0 Å². The molecule has 1 N–H and O–H groups in total. The van der Waals surface area contributed by atoms with Gasteiger partial charge < -0.3 is 9.84 Å². The lowest BCUT2D eigenvalue weighted by Crippen LogP contribution is -1.99. The number of rotatable bonds is 2. The van der Waals surface area contributed by atoms with E-state index in [2.05, 4.69) is 15.9 Å². The topological polar surface area (TPSA) is 29.5 Å². The van der Waals surface area contributed by atoms with Crippen LogP contribution in [0.2, 0.25) is 0 Å². The van der Waals surface area contributed by atoms with Crippen molar-refractivity contribution in [3.63, 3.8) is 0 Å². The predicted octanol–water partition coefficient (Wildman–Crippen LogP) is 3.47. The van der Waals surface area contributed by atoms with Gasteiger partial charge in [-0.25, -0.2) is 0 Å². The highest BCUT2D eigenvalue weighted by atomic mass is 79.9. The Kier molecular flexibility index (Phi) is 3.10. The smallest absolute Gasteiger partial charge is 0.122 e. The molecule has 0 saturated heterocycles. The number of hydrogen-bond acceptors (Lipinski definition) is 2. The molecule has 3 rings (SSSR count). The van der Waals surface area contributed by atoms with E-state index in [0.717, 1.165) is 34.4 Å². The van der Waals surface area contributed by atoms with Crippen LogP contribution >= 0.6 is 15.9 Å². The molecule has 1 atom stereocenters. The zero-order valence-corrected chi connectivity index (χ0v) is 11.4. The molecule has 1 unspecified atom stereocenters. The van der Waals surface area contributed by atoms with Gasteiger partial charge >= 0.3 is 0 Å². The van der Waals surface area contributed by atoms with Crippen LogP contribution in [0, 0.1) is 0 Å². The molecule has 0 aromatic heterocycles. The summed E-state index contributed by atoms with van der Waals surface area (Å²) in [4.78, 5) is 0. The largest absolute Gasteiger partial charge is 0.493 e. The van der Waals surface area contributed by atoms with Gasteiger partial charge in [-0.2, -0.15) is 0 Å². The van der Waals surface area contributed by atoms with Crippen LogP contribution in [0.3, 0.4) is 0 Å². The second kappa shape index (κ2) is 4.75. The highest BCUT2D eigenvalue weighted by Gasteiger charge is 2.16. The maximum absolute atomic E-state index is 10.4. The summed E-state index contributed by atoms with van der Waals surface area (Å²) in [5.41, 5.74) is 3.00. The Balaban J connectivity index is 1.92. The molecule has 1 aliphatic rings. The summed E-state index contributed by atoms with van der Waals surface area (Å²) < 4.78 is 6.48. The number of aliphatic hydroxyl groups is 1. The third kappa shape index (κ3) is 2.16. The molecule has 3 heteroatoms. The molecule has 0 aliphatic carbocycles. The van der Waals surface area contributed by atoms with E-state index in [1.165, 1.54) is 5.56 Å². The van der Waals surface area contributed by atoms with Crippen LogP contribution in [0.4, 0.5) is 0 Å². The first-order valence-corrected chi connectivity index (χ1v) is 6.72. The number of benzene rings is 2. The second-order valence-electron chi connectivity index (χ2n) is 4.42. The third-order valence-electron chi connectivity index (χ3n) is 3.21. The lowest BCUT2D eigenvalue weighted by Gasteiger charge is -2.12. The van der Waals surface area contributed by atoms with Crippen LogP contribution in [-0.2, 0) is 6.42 Å². The predicted molar refractivity (Wildman–Crippen MR) is 73.8 cm³/mol. The fraction of sp³-hybridized carbons (Fsp3) is 0.200. The van der Waals surface area contributed by atoms with Crippen molar-refractivity contribution in [2.75, 3.05) is 6.61 Å². The van der Waals surface area contributed by atoms with Gasteiger partial charge in [-0.05, 0) is 41.0 Å². The van der Waals surface area contributed by atoms with Gasteiger partial charge in [-0.15, -0.1) is 0 Å². The first-order chi connectivity index (χ1) is 8.74. The van der Waals surface area contributed by atoms with Crippen LogP contribution in [0.5, 0.6) is 5.75 Å². The molecule has 2 nitrogen and oxygen atoms in total. The fourth-order valence-corrected chi connectivity index (χ4v) is 2.48. The summed E-state index contributed by atoms with van der Waals surface area (Å²) in [5, 5.41) is 10.4. The van der Waals surface area contributed by atoms with Gasteiger partial charge in [-0.1, -0.05) is 34.1 Å². The van der Waals surface area contributed by atoms with Crippen LogP contribution in [0.25, 0.3) is 0 Å². The van der Waals surface area contributed by atoms with E-state index in [0.29, 0.717) is 0 Å². The van der Waals surface area contributed by atoms with Gasteiger partial charge in [-0.3, -0.25) is 0 Å². The molecular weight excluding hydrogens is 292 g/mol. The van der Waals surface area contributed by atoms with Crippen molar-refractivity contribution < 1.29 is 9.84 Å². The molecule has 2 aromatic rings. The Morgan fingerprint density at radius 3 is 2.56 bits per heavy atom. The molecule has 1 aliphatic heterocycles. The Bertz CT molecular complexity index is 563. The Labute approximate surface area is 114 Å². The summed E-state index contributed by atoms with van der Waals surface area (Å²) in [5.74, 6) is 0.946. The minimum atomic E-state index is -0.580. The molecule has 92 valence electrons. The van der Waals surface area contributed by atoms with E-state index in [1.54, 1.807) is 0 Å². The van der Waals surface area contributed by atoms with E-state index in [9.17, 15) is 5.11 Å². The minimum absolute atomic E-state index is 0.580. The minimum Gasteiger partial charge on any atom is -0.493 e. The van der Waals surface area contributed by atoms with Crippen molar-refractivity contribution >= 4 is 15.9 Å². The lowest BCUT2D eigenvalue weighted by molar-refractivity contribution is 0.220. The molecule has 1 heterocycles. The summed E-state index contributed by atoms with van der Waals surface area (Å²) in [7, 11) is 0. The molecule has 18 heavy (non-hydrogen) atoms. The maximum Gasteiger partial charge on any atom is 0.122 e. The van der Waals surface area contributed by atoms with Crippen LogP contribution in [0.15, 0.2) is 46.9 Å². The zero-order valence-electron chi connectivity index (χ0n) is 9.77. The monoisotopic (exact) mass is 304 g/mol. The summed E-state index contributed by atoms with van der Waals surface area (Å²) in [6.07, 6.45) is 0.347. The summed E-state index contributed by atoms with van der Waals surface area (Å²) >= 11 is 3.39. The van der Waals surface area contributed by atoms with Crippen LogP contribution < -0.4 is 4.74 Å². The molecule has 2 aromatic carbocycles. The first-order valence-electron chi connectivity index (χ1n) is 5.93.